The number of carbonyl (C=O) groups is 1. The highest BCUT2D eigenvalue weighted by molar-refractivity contribution is 7.09. The predicted octanol–water partition coefficient (Wildman–Crippen LogP) is 3.57. The third-order valence-electron chi connectivity index (χ3n) is 2.94. The first kappa shape index (κ1) is 15.8. The molecule has 112 valence electrons. The van der Waals surface area contributed by atoms with E-state index in [-0.39, 0.29) is 5.91 Å². The molecule has 0 radical (unpaired) electrons. The lowest BCUT2D eigenvalue weighted by Crippen LogP contribution is -2.28. The van der Waals surface area contributed by atoms with Gasteiger partial charge in [-0.1, -0.05) is 17.7 Å². The standard InChI is InChI=1S/C15H17ClN2O2S/c1-10(20-7-6-12-3-2-8-21-12)15(19)18-14-9-11(16)4-5-13(14)17/h2-5,8-10H,6-7,17H2,1H3,(H,18,19). The minimum Gasteiger partial charge on any atom is -0.397 e. The van der Waals surface area contributed by atoms with Crippen molar-refractivity contribution in [3.8, 4) is 0 Å². The number of halogens is 1. The maximum absolute atomic E-state index is 12.0. The molecule has 0 fully saturated rings. The van der Waals surface area contributed by atoms with E-state index >= 15 is 0 Å². The second-order valence-electron chi connectivity index (χ2n) is 4.56. The molecule has 0 saturated heterocycles. The molecule has 1 atom stereocenters. The Morgan fingerprint density at radius 3 is 3.00 bits per heavy atom. The Kier molecular flexibility index (Phi) is 5.61. The van der Waals surface area contributed by atoms with E-state index in [1.165, 1.54) is 4.88 Å². The van der Waals surface area contributed by atoms with Crippen molar-refractivity contribution < 1.29 is 9.53 Å². The normalized spacial score (nSPS) is 12.1. The van der Waals surface area contributed by atoms with Gasteiger partial charge in [0.1, 0.15) is 6.10 Å². The summed E-state index contributed by atoms with van der Waals surface area (Å²) in [5.41, 5.74) is 6.76. The van der Waals surface area contributed by atoms with Crippen molar-refractivity contribution in [3.05, 3.63) is 45.6 Å². The molecule has 0 aliphatic rings. The van der Waals surface area contributed by atoms with Gasteiger partial charge in [-0.05, 0) is 36.6 Å². The zero-order valence-corrected chi connectivity index (χ0v) is 13.2. The summed E-state index contributed by atoms with van der Waals surface area (Å²) in [5.74, 6) is -0.241. The molecule has 1 aromatic heterocycles. The SMILES string of the molecule is CC(OCCc1cccs1)C(=O)Nc1cc(Cl)ccc1N. The number of nitrogens with one attached hydrogen (secondary N) is 1. The highest BCUT2D eigenvalue weighted by Gasteiger charge is 2.14. The van der Waals surface area contributed by atoms with Crippen LogP contribution in [0.4, 0.5) is 11.4 Å². The van der Waals surface area contributed by atoms with Crippen LogP contribution in [0.2, 0.25) is 5.02 Å². The third kappa shape index (κ3) is 4.74. The molecule has 1 amide bonds. The Hall–Kier alpha value is -1.56. The van der Waals surface area contributed by atoms with Gasteiger partial charge in [0, 0.05) is 16.3 Å². The summed E-state index contributed by atoms with van der Waals surface area (Å²) in [7, 11) is 0. The van der Waals surface area contributed by atoms with Crippen molar-refractivity contribution >= 4 is 40.2 Å². The van der Waals surface area contributed by atoms with E-state index in [1.54, 1.807) is 36.5 Å². The molecule has 0 aliphatic heterocycles. The second-order valence-corrected chi connectivity index (χ2v) is 6.03. The summed E-state index contributed by atoms with van der Waals surface area (Å²) in [5, 5.41) is 5.26. The average Bonchev–Trinajstić information content (AvgIpc) is 2.96. The summed E-state index contributed by atoms with van der Waals surface area (Å²) >= 11 is 7.56. The second kappa shape index (κ2) is 7.45. The Labute approximate surface area is 132 Å². The van der Waals surface area contributed by atoms with E-state index in [0.29, 0.717) is 23.0 Å². The maximum Gasteiger partial charge on any atom is 0.253 e. The predicted molar refractivity (Wildman–Crippen MR) is 87.9 cm³/mol. The van der Waals surface area contributed by atoms with Crippen LogP contribution in [0.25, 0.3) is 0 Å². The molecule has 1 aromatic carbocycles. The number of ether oxygens (including phenoxy) is 1. The molecular weight excluding hydrogens is 308 g/mol. The Balaban J connectivity index is 1.83. The fourth-order valence-corrected chi connectivity index (χ4v) is 2.60. The van der Waals surface area contributed by atoms with Crippen LogP contribution in [0.1, 0.15) is 11.8 Å². The highest BCUT2D eigenvalue weighted by Crippen LogP contribution is 2.23. The molecule has 0 saturated carbocycles. The van der Waals surface area contributed by atoms with E-state index in [0.717, 1.165) is 6.42 Å². The fraction of sp³-hybridized carbons (Fsp3) is 0.267. The van der Waals surface area contributed by atoms with Gasteiger partial charge in [0.05, 0.1) is 18.0 Å². The average molecular weight is 325 g/mol. The van der Waals surface area contributed by atoms with Gasteiger partial charge in [-0.25, -0.2) is 0 Å². The van der Waals surface area contributed by atoms with Gasteiger partial charge in [-0.2, -0.15) is 0 Å². The van der Waals surface area contributed by atoms with Crippen LogP contribution in [0.15, 0.2) is 35.7 Å². The molecule has 21 heavy (non-hydrogen) atoms. The van der Waals surface area contributed by atoms with Gasteiger partial charge >= 0.3 is 0 Å². The topological polar surface area (TPSA) is 64.3 Å². The highest BCUT2D eigenvalue weighted by atomic mass is 35.5. The molecule has 0 bridgehead atoms. The third-order valence-corrected chi connectivity index (χ3v) is 4.11. The summed E-state index contributed by atoms with van der Waals surface area (Å²) < 4.78 is 5.54. The smallest absolute Gasteiger partial charge is 0.253 e. The molecule has 0 aliphatic carbocycles. The van der Waals surface area contributed by atoms with Crippen molar-refractivity contribution in [1.29, 1.82) is 0 Å². The van der Waals surface area contributed by atoms with Gasteiger partial charge < -0.3 is 15.8 Å². The summed E-state index contributed by atoms with van der Waals surface area (Å²) in [6, 6.07) is 8.99. The van der Waals surface area contributed by atoms with Gasteiger partial charge in [0.25, 0.3) is 5.91 Å². The van der Waals surface area contributed by atoms with Crippen molar-refractivity contribution in [3.63, 3.8) is 0 Å². The van der Waals surface area contributed by atoms with Crippen LogP contribution < -0.4 is 11.1 Å². The van der Waals surface area contributed by atoms with Gasteiger partial charge in [0.2, 0.25) is 0 Å². The van der Waals surface area contributed by atoms with Crippen LogP contribution >= 0.6 is 22.9 Å². The van der Waals surface area contributed by atoms with E-state index < -0.39 is 6.10 Å². The monoisotopic (exact) mass is 324 g/mol. The van der Waals surface area contributed by atoms with Crippen LogP contribution in [0.3, 0.4) is 0 Å². The van der Waals surface area contributed by atoms with Gasteiger partial charge in [-0.15, -0.1) is 11.3 Å². The first-order valence-electron chi connectivity index (χ1n) is 6.56. The van der Waals surface area contributed by atoms with Crippen LogP contribution in [0.5, 0.6) is 0 Å². The molecule has 3 N–H and O–H groups in total. The summed E-state index contributed by atoms with van der Waals surface area (Å²) in [4.78, 5) is 13.3. The number of nitrogens with two attached hydrogens (primary N) is 1. The lowest BCUT2D eigenvalue weighted by atomic mass is 10.2. The molecule has 2 rings (SSSR count). The van der Waals surface area contributed by atoms with Crippen LogP contribution in [-0.2, 0) is 16.0 Å². The van der Waals surface area contributed by atoms with Crippen LogP contribution in [-0.4, -0.2) is 18.6 Å². The van der Waals surface area contributed by atoms with E-state index in [4.69, 9.17) is 22.1 Å². The zero-order chi connectivity index (χ0) is 15.2. The molecule has 0 spiro atoms. The van der Waals surface area contributed by atoms with Crippen molar-refractivity contribution in [2.24, 2.45) is 0 Å². The number of thiophene rings is 1. The van der Waals surface area contributed by atoms with E-state index in [9.17, 15) is 4.79 Å². The first-order chi connectivity index (χ1) is 10.1. The number of hydrogen-bond donors (Lipinski definition) is 2. The molecule has 6 heteroatoms. The van der Waals surface area contributed by atoms with Crippen molar-refractivity contribution in [2.45, 2.75) is 19.4 Å². The lowest BCUT2D eigenvalue weighted by molar-refractivity contribution is -0.126. The number of amides is 1. The fourth-order valence-electron chi connectivity index (χ4n) is 1.74. The maximum atomic E-state index is 12.0. The van der Waals surface area contributed by atoms with E-state index in [2.05, 4.69) is 5.32 Å². The minimum atomic E-state index is -0.552. The number of nitrogen functional groups attached to an aromatic ring is 1. The minimum absolute atomic E-state index is 0.241. The lowest BCUT2D eigenvalue weighted by Gasteiger charge is -2.14. The number of benzene rings is 1. The number of rotatable bonds is 6. The Bertz CT molecular complexity index is 602. The van der Waals surface area contributed by atoms with Crippen LogP contribution in [0, 0.1) is 0 Å². The number of carbonyl (C=O) groups excluding carboxylic acids is 1. The van der Waals surface area contributed by atoms with Crippen molar-refractivity contribution in [2.75, 3.05) is 17.7 Å². The quantitative estimate of drug-likeness (QED) is 0.798. The van der Waals surface area contributed by atoms with E-state index in [1.807, 2.05) is 17.5 Å². The Morgan fingerprint density at radius 1 is 1.48 bits per heavy atom. The summed E-state index contributed by atoms with van der Waals surface area (Å²) in [6.45, 7) is 2.21. The number of anilines is 2. The largest absolute Gasteiger partial charge is 0.397 e. The molecular formula is C15H17ClN2O2S. The molecule has 1 heterocycles. The molecule has 2 aromatic rings. The zero-order valence-electron chi connectivity index (χ0n) is 11.6. The van der Waals surface area contributed by atoms with Gasteiger partial charge in [-0.3, -0.25) is 4.79 Å². The first-order valence-corrected chi connectivity index (χ1v) is 7.82. The molecule has 4 nitrogen and oxygen atoms in total. The molecule has 1 unspecified atom stereocenters. The Morgan fingerprint density at radius 2 is 2.29 bits per heavy atom. The summed E-state index contributed by atoms with van der Waals surface area (Å²) in [6.07, 6.45) is 0.248. The number of hydrogen-bond acceptors (Lipinski definition) is 4. The van der Waals surface area contributed by atoms with Crippen molar-refractivity contribution in [1.82, 2.24) is 0 Å². The van der Waals surface area contributed by atoms with Gasteiger partial charge in [0.15, 0.2) is 0 Å².